The Bertz CT molecular complexity index is 295. The van der Waals surface area contributed by atoms with Crippen LogP contribution in [0.4, 0.5) is 5.69 Å². The lowest BCUT2D eigenvalue weighted by atomic mass is 10.2. The van der Waals surface area contributed by atoms with Crippen LogP contribution in [0.3, 0.4) is 0 Å². The van der Waals surface area contributed by atoms with E-state index in [1.165, 1.54) is 7.11 Å². The number of carbonyl (C=O) groups is 1. The molecule has 0 aliphatic carbocycles. The topological polar surface area (TPSA) is 55.6 Å². The maximum Gasteiger partial charge on any atom is 0.277 e. The molecule has 0 unspecified atom stereocenters. The largest absolute Gasteiger partial charge is 0.399 e. The molecule has 1 amide bonds. The highest BCUT2D eigenvalue weighted by atomic mass is 16.7. The van der Waals surface area contributed by atoms with Crippen molar-refractivity contribution in [1.29, 1.82) is 0 Å². The van der Waals surface area contributed by atoms with Crippen molar-refractivity contribution in [2.45, 2.75) is 0 Å². The highest BCUT2D eigenvalue weighted by Gasteiger charge is 2.09. The summed E-state index contributed by atoms with van der Waals surface area (Å²) in [6.45, 7) is 0. The number of amides is 1. The Morgan fingerprint density at radius 2 is 1.92 bits per heavy atom. The summed E-state index contributed by atoms with van der Waals surface area (Å²) in [4.78, 5) is 16.2. The number of nitrogens with zero attached hydrogens (tertiary/aromatic N) is 1. The van der Waals surface area contributed by atoms with Crippen molar-refractivity contribution in [1.82, 2.24) is 5.06 Å². The number of nitrogens with two attached hydrogens (primary N) is 1. The Balaban J connectivity index is 2.83. The Morgan fingerprint density at radius 1 is 1.38 bits per heavy atom. The van der Waals surface area contributed by atoms with Gasteiger partial charge < -0.3 is 5.73 Å². The summed E-state index contributed by atoms with van der Waals surface area (Å²) >= 11 is 0. The van der Waals surface area contributed by atoms with E-state index in [0.29, 0.717) is 11.3 Å². The van der Waals surface area contributed by atoms with Gasteiger partial charge in [0.15, 0.2) is 0 Å². The van der Waals surface area contributed by atoms with Crippen LogP contribution < -0.4 is 5.73 Å². The van der Waals surface area contributed by atoms with E-state index in [1.54, 1.807) is 31.3 Å². The predicted molar refractivity (Wildman–Crippen MR) is 50.0 cm³/mol. The lowest BCUT2D eigenvalue weighted by Gasteiger charge is -2.13. The second kappa shape index (κ2) is 3.91. The number of hydrogen-bond acceptors (Lipinski definition) is 3. The molecule has 70 valence electrons. The van der Waals surface area contributed by atoms with Gasteiger partial charge in [-0.15, -0.1) is 0 Å². The number of anilines is 1. The van der Waals surface area contributed by atoms with Gasteiger partial charge in [0.25, 0.3) is 5.91 Å². The number of rotatable bonds is 2. The Hall–Kier alpha value is -1.55. The summed E-state index contributed by atoms with van der Waals surface area (Å²) < 4.78 is 0. The molecule has 0 saturated heterocycles. The van der Waals surface area contributed by atoms with Gasteiger partial charge in [-0.1, -0.05) is 0 Å². The van der Waals surface area contributed by atoms with Crippen molar-refractivity contribution in [3.05, 3.63) is 29.8 Å². The summed E-state index contributed by atoms with van der Waals surface area (Å²) in [5.74, 6) is -0.192. The van der Waals surface area contributed by atoms with Gasteiger partial charge in [0, 0.05) is 18.3 Å². The van der Waals surface area contributed by atoms with E-state index in [1.807, 2.05) is 0 Å². The van der Waals surface area contributed by atoms with E-state index in [9.17, 15) is 4.79 Å². The molecule has 0 fully saturated rings. The van der Waals surface area contributed by atoms with Crippen LogP contribution in [0, 0.1) is 0 Å². The van der Waals surface area contributed by atoms with Crippen LogP contribution in [0.5, 0.6) is 0 Å². The van der Waals surface area contributed by atoms with Crippen LogP contribution in [0.25, 0.3) is 0 Å². The molecule has 0 bridgehead atoms. The Kier molecular flexibility index (Phi) is 2.87. The van der Waals surface area contributed by atoms with Crippen LogP contribution in [0.2, 0.25) is 0 Å². The monoisotopic (exact) mass is 180 g/mol. The third-order valence-corrected chi connectivity index (χ3v) is 1.72. The molecule has 0 heterocycles. The molecule has 0 radical (unpaired) electrons. The summed E-state index contributed by atoms with van der Waals surface area (Å²) in [5.41, 5.74) is 6.67. The van der Waals surface area contributed by atoms with Gasteiger partial charge in [0.05, 0.1) is 7.11 Å². The molecule has 13 heavy (non-hydrogen) atoms. The molecule has 0 aliphatic rings. The second-order valence-electron chi connectivity index (χ2n) is 2.61. The molecule has 0 atom stereocenters. The van der Waals surface area contributed by atoms with Gasteiger partial charge in [0.2, 0.25) is 0 Å². The molecule has 0 aromatic heterocycles. The van der Waals surface area contributed by atoms with Crippen LogP contribution in [-0.2, 0) is 4.84 Å². The van der Waals surface area contributed by atoms with E-state index >= 15 is 0 Å². The average Bonchev–Trinajstić information content (AvgIpc) is 2.17. The molecule has 0 spiro atoms. The zero-order chi connectivity index (χ0) is 9.84. The highest BCUT2D eigenvalue weighted by molar-refractivity contribution is 5.93. The molecule has 2 N–H and O–H groups in total. The minimum absolute atomic E-state index is 0.192. The first-order chi connectivity index (χ1) is 6.15. The first-order valence-corrected chi connectivity index (χ1v) is 3.83. The predicted octanol–water partition coefficient (Wildman–Crippen LogP) is 0.902. The quantitative estimate of drug-likeness (QED) is 0.543. The zero-order valence-corrected chi connectivity index (χ0v) is 7.65. The first kappa shape index (κ1) is 9.54. The molecule has 4 heteroatoms. The van der Waals surface area contributed by atoms with Gasteiger partial charge in [-0.05, 0) is 24.3 Å². The number of carbonyl (C=O) groups excluding carboxylic acids is 1. The molecule has 0 saturated carbocycles. The summed E-state index contributed by atoms with van der Waals surface area (Å²) in [6, 6.07) is 6.67. The van der Waals surface area contributed by atoms with E-state index in [0.717, 1.165) is 5.06 Å². The fraction of sp³-hybridized carbons (Fsp3) is 0.222. The lowest BCUT2D eigenvalue weighted by molar-refractivity contribution is -0.0756. The second-order valence-corrected chi connectivity index (χ2v) is 2.61. The summed E-state index contributed by atoms with van der Waals surface area (Å²) in [6.07, 6.45) is 0. The van der Waals surface area contributed by atoms with Crippen LogP contribution in [-0.4, -0.2) is 25.1 Å². The molecular formula is C9H12N2O2. The molecule has 0 aliphatic heterocycles. The lowest BCUT2D eigenvalue weighted by Crippen LogP contribution is -2.25. The van der Waals surface area contributed by atoms with E-state index in [2.05, 4.69) is 0 Å². The fourth-order valence-electron chi connectivity index (χ4n) is 0.890. The van der Waals surface area contributed by atoms with Crippen molar-refractivity contribution < 1.29 is 9.63 Å². The van der Waals surface area contributed by atoms with Crippen molar-refractivity contribution in [3.8, 4) is 0 Å². The number of hydroxylamine groups is 2. The minimum atomic E-state index is -0.192. The number of benzene rings is 1. The molecule has 4 nitrogen and oxygen atoms in total. The van der Waals surface area contributed by atoms with E-state index in [4.69, 9.17) is 10.6 Å². The van der Waals surface area contributed by atoms with Gasteiger partial charge in [0.1, 0.15) is 0 Å². The van der Waals surface area contributed by atoms with Gasteiger partial charge in [-0.2, -0.15) is 0 Å². The third kappa shape index (κ3) is 2.19. The highest BCUT2D eigenvalue weighted by Crippen LogP contribution is 2.07. The van der Waals surface area contributed by atoms with E-state index in [-0.39, 0.29) is 5.91 Å². The van der Waals surface area contributed by atoms with Crippen LogP contribution >= 0.6 is 0 Å². The van der Waals surface area contributed by atoms with Crippen LogP contribution in [0.1, 0.15) is 10.4 Å². The fourth-order valence-corrected chi connectivity index (χ4v) is 0.890. The maximum atomic E-state index is 11.4. The smallest absolute Gasteiger partial charge is 0.277 e. The molecule has 1 rings (SSSR count). The summed E-state index contributed by atoms with van der Waals surface area (Å²) in [7, 11) is 2.99. The minimum Gasteiger partial charge on any atom is -0.399 e. The van der Waals surface area contributed by atoms with Gasteiger partial charge in [-0.25, -0.2) is 5.06 Å². The van der Waals surface area contributed by atoms with Gasteiger partial charge >= 0.3 is 0 Å². The van der Waals surface area contributed by atoms with Gasteiger partial charge in [-0.3, -0.25) is 9.63 Å². The number of hydrogen-bond donors (Lipinski definition) is 1. The molecule has 1 aromatic carbocycles. The normalized spacial score (nSPS) is 9.69. The SMILES string of the molecule is CON(C)C(=O)c1ccc(N)cc1. The van der Waals surface area contributed by atoms with Crippen molar-refractivity contribution in [3.63, 3.8) is 0 Å². The first-order valence-electron chi connectivity index (χ1n) is 3.83. The maximum absolute atomic E-state index is 11.4. The van der Waals surface area contributed by atoms with E-state index < -0.39 is 0 Å². The number of nitrogen functional groups attached to an aromatic ring is 1. The standard InChI is InChI=1S/C9H12N2O2/c1-11(13-2)9(12)7-3-5-8(10)6-4-7/h3-6H,10H2,1-2H3. The molecule has 1 aromatic rings. The van der Waals surface area contributed by atoms with Crippen LogP contribution in [0.15, 0.2) is 24.3 Å². The Labute approximate surface area is 76.9 Å². The Morgan fingerprint density at radius 3 is 2.38 bits per heavy atom. The zero-order valence-electron chi connectivity index (χ0n) is 7.65. The van der Waals surface area contributed by atoms with Crippen molar-refractivity contribution in [2.75, 3.05) is 19.9 Å². The van der Waals surface area contributed by atoms with Crippen molar-refractivity contribution >= 4 is 11.6 Å². The third-order valence-electron chi connectivity index (χ3n) is 1.72. The molecular weight excluding hydrogens is 168 g/mol. The average molecular weight is 180 g/mol. The summed E-state index contributed by atoms with van der Waals surface area (Å²) in [5, 5.41) is 1.16. The van der Waals surface area contributed by atoms with Crippen molar-refractivity contribution in [2.24, 2.45) is 0 Å².